The van der Waals surface area contributed by atoms with Gasteiger partial charge in [0.1, 0.15) is 0 Å². The van der Waals surface area contributed by atoms with Crippen molar-refractivity contribution in [3.05, 3.63) is 41.9 Å². The number of benzene rings is 1. The van der Waals surface area contributed by atoms with E-state index < -0.39 is 6.04 Å². The van der Waals surface area contributed by atoms with Crippen molar-refractivity contribution in [3.63, 3.8) is 0 Å². The van der Waals surface area contributed by atoms with Crippen molar-refractivity contribution in [2.75, 3.05) is 5.32 Å². The predicted octanol–water partition coefficient (Wildman–Crippen LogP) is 2.59. The van der Waals surface area contributed by atoms with E-state index in [9.17, 15) is 4.79 Å². The summed E-state index contributed by atoms with van der Waals surface area (Å²) < 4.78 is 1.80. The molecule has 3 N–H and O–H groups in total. The molecule has 106 valence electrons. The number of rotatable bonds is 5. The molecule has 1 unspecified atom stereocenters. The van der Waals surface area contributed by atoms with E-state index in [2.05, 4.69) is 10.3 Å². The third-order valence-electron chi connectivity index (χ3n) is 2.93. The minimum absolute atomic E-state index is 0.196. The average molecular weight is 293 g/mol. The van der Waals surface area contributed by atoms with Gasteiger partial charge in [0.15, 0.2) is 0 Å². The summed E-state index contributed by atoms with van der Waals surface area (Å²) in [6.07, 6.45) is 6.67. The van der Waals surface area contributed by atoms with Gasteiger partial charge in [-0.3, -0.25) is 4.79 Å². The molecule has 6 heteroatoms. The standard InChI is InChI=1S/C14H17ClN4O/c1-2-3-12(16)14(20)18-10-4-5-13(11(15)8-10)19-7-6-17-9-19/h4-9,12H,2-3,16H2,1H3,(H,18,20). The van der Waals surface area contributed by atoms with Gasteiger partial charge in [0.05, 0.1) is 23.1 Å². The number of hydrogen-bond acceptors (Lipinski definition) is 3. The number of carbonyl (C=O) groups is 1. The molecular weight excluding hydrogens is 276 g/mol. The number of hydrogen-bond donors (Lipinski definition) is 2. The molecule has 0 aliphatic heterocycles. The first-order chi connectivity index (χ1) is 9.61. The molecule has 0 aliphatic carbocycles. The molecule has 0 bridgehead atoms. The van der Waals surface area contributed by atoms with Crippen molar-refractivity contribution < 1.29 is 4.79 Å². The molecule has 0 fully saturated rings. The van der Waals surface area contributed by atoms with Gasteiger partial charge in [0.25, 0.3) is 0 Å². The van der Waals surface area contributed by atoms with Crippen LogP contribution in [0.15, 0.2) is 36.9 Å². The topological polar surface area (TPSA) is 72.9 Å². The first-order valence-corrected chi connectivity index (χ1v) is 6.84. The number of aromatic nitrogens is 2. The summed E-state index contributed by atoms with van der Waals surface area (Å²) in [7, 11) is 0. The van der Waals surface area contributed by atoms with E-state index >= 15 is 0 Å². The largest absolute Gasteiger partial charge is 0.325 e. The zero-order chi connectivity index (χ0) is 14.5. The van der Waals surface area contributed by atoms with E-state index in [4.69, 9.17) is 17.3 Å². The van der Waals surface area contributed by atoms with Crippen molar-refractivity contribution in [2.45, 2.75) is 25.8 Å². The number of nitrogens with two attached hydrogens (primary N) is 1. The van der Waals surface area contributed by atoms with Crippen molar-refractivity contribution in [3.8, 4) is 5.69 Å². The minimum Gasteiger partial charge on any atom is -0.325 e. The lowest BCUT2D eigenvalue weighted by molar-refractivity contribution is -0.117. The lowest BCUT2D eigenvalue weighted by Crippen LogP contribution is -2.35. The summed E-state index contributed by atoms with van der Waals surface area (Å²) in [6, 6.07) is 4.82. The van der Waals surface area contributed by atoms with E-state index in [0.717, 1.165) is 12.1 Å². The quantitative estimate of drug-likeness (QED) is 0.889. The Morgan fingerprint density at radius 2 is 2.35 bits per heavy atom. The first-order valence-electron chi connectivity index (χ1n) is 6.46. The van der Waals surface area contributed by atoms with E-state index in [1.54, 1.807) is 35.4 Å². The van der Waals surface area contributed by atoms with Gasteiger partial charge in [-0.15, -0.1) is 0 Å². The Labute approximate surface area is 122 Å². The number of imidazole rings is 1. The smallest absolute Gasteiger partial charge is 0.241 e. The van der Waals surface area contributed by atoms with Crippen molar-refractivity contribution in [2.24, 2.45) is 5.73 Å². The number of nitrogens with zero attached hydrogens (tertiary/aromatic N) is 2. The molecule has 0 spiro atoms. The molecule has 0 saturated heterocycles. The van der Waals surface area contributed by atoms with E-state index in [1.807, 2.05) is 13.0 Å². The van der Waals surface area contributed by atoms with E-state index in [-0.39, 0.29) is 5.91 Å². The molecule has 2 rings (SSSR count). The second-order valence-corrected chi connectivity index (χ2v) is 4.93. The van der Waals surface area contributed by atoms with Gasteiger partial charge in [0.2, 0.25) is 5.91 Å². The molecule has 1 amide bonds. The second-order valence-electron chi connectivity index (χ2n) is 4.52. The Morgan fingerprint density at radius 1 is 1.55 bits per heavy atom. The first kappa shape index (κ1) is 14.6. The van der Waals surface area contributed by atoms with Crippen molar-refractivity contribution in [1.29, 1.82) is 0 Å². The van der Waals surface area contributed by atoms with Crippen molar-refractivity contribution in [1.82, 2.24) is 9.55 Å². The van der Waals surface area contributed by atoms with Crippen LogP contribution in [-0.2, 0) is 4.79 Å². The van der Waals surface area contributed by atoms with Crippen LogP contribution in [0.2, 0.25) is 5.02 Å². The van der Waals surface area contributed by atoms with Crippen LogP contribution >= 0.6 is 11.6 Å². The summed E-state index contributed by atoms with van der Waals surface area (Å²) in [5.74, 6) is -0.196. The summed E-state index contributed by atoms with van der Waals surface area (Å²) in [6.45, 7) is 1.99. The Bertz CT molecular complexity index is 583. The molecular formula is C14H17ClN4O. The monoisotopic (exact) mass is 292 g/mol. The maximum absolute atomic E-state index is 11.8. The maximum Gasteiger partial charge on any atom is 0.241 e. The molecule has 0 radical (unpaired) electrons. The van der Waals surface area contributed by atoms with Gasteiger partial charge in [-0.1, -0.05) is 24.9 Å². The third kappa shape index (κ3) is 3.37. The van der Waals surface area contributed by atoms with Crippen LogP contribution in [0.25, 0.3) is 5.69 Å². The Balaban J connectivity index is 2.12. The summed E-state index contributed by atoms with van der Waals surface area (Å²) in [5, 5.41) is 3.30. The van der Waals surface area contributed by atoms with Gasteiger partial charge in [0, 0.05) is 18.1 Å². The van der Waals surface area contributed by atoms with Gasteiger partial charge in [-0.05, 0) is 24.6 Å². The maximum atomic E-state index is 11.8. The normalized spacial score (nSPS) is 12.2. The summed E-state index contributed by atoms with van der Waals surface area (Å²) >= 11 is 6.21. The van der Waals surface area contributed by atoms with Crippen LogP contribution in [0, 0.1) is 0 Å². The third-order valence-corrected chi connectivity index (χ3v) is 3.24. The minimum atomic E-state index is -0.493. The Kier molecular flexibility index (Phi) is 4.76. The fourth-order valence-corrected chi connectivity index (χ4v) is 2.15. The van der Waals surface area contributed by atoms with Crippen LogP contribution < -0.4 is 11.1 Å². The highest BCUT2D eigenvalue weighted by molar-refractivity contribution is 6.32. The zero-order valence-electron chi connectivity index (χ0n) is 11.2. The van der Waals surface area contributed by atoms with E-state index in [0.29, 0.717) is 17.1 Å². The molecule has 0 saturated carbocycles. The molecule has 5 nitrogen and oxygen atoms in total. The second kappa shape index (κ2) is 6.54. The molecule has 20 heavy (non-hydrogen) atoms. The fourth-order valence-electron chi connectivity index (χ4n) is 1.87. The Morgan fingerprint density at radius 3 is 2.95 bits per heavy atom. The summed E-state index contributed by atoms with van der Waals surface area (Å²) in [4.78, 5) is 15.8. The van der Waals surface area contributed by atoms with Crippen LogP contribution in [0.3, 0.4) is 0 Å². The van der Waals surface area contributed by atoms with Crippen LogP contribution in [0.4, 0.5) is 5.69 Å². The number of amides is 1. The van der Waals surface area contributed by atoms with Crippen LogP contribution in [-0.4, -0.2) is 21.5 Å². The number of halogens is 1. The molecule has 0 aliphatic rings. The number of nitrogens with one attached hydrogen (secondary N) is 1. The number of anilines is 1. The highest BCUT2D eigenvalue weighted by atomic mass is 35.5. The molecule has 1 aromatic carbocycles. The lowest BCUT2D eigenvalue weighted by Gasteiger charge is -2.12. The van der Waals surface area contributed by atoms with Gasteiger partial charge < -0.3 is 15.6 Å². The van der Waals surface area contributed by atoms with Gasteiger partial charge >= 0.3 is 0 Å². The average Bonchev–Trinajstić information content (AvgIpc) is 2.93. The molecule has 1 atom stereocenters. The van der Waals surface area contributed by atoms with Crippen molar-refractivity contribution >= 4 is 23.2 Å². The highest BCUT2D eigenvalue weighted by Crippen LogP contribution is 2.24. The van der Waals surface area contributed by atoms with Gasteiger partial charge in [-0.25, -0.2) is 4.98 Å². The summed E-state index contributed by atoms with van der Waals surface area (Å²) in [5.41, 5.74) is 7.20. The highest BCUT2D eigenvalue weighted by Gasteiger charge is 2.13. The Hall–Kier alpha value is -1.85. The lowest BCUT2D eigenvalue weighted by atomic mass is 10.1. The molecule has 2 aromatic rings. The van der Waals surface area contributed by atoms with Crippen LogP contribution in [0.5, 0.6) is 0 Å². The molecule has 1 aromatic heterocycles. The fraction of sp³-hybridized carbons (Fsp3) is 0.286. The predicted molar refractivity (Wildman–Crippen MR) is 80.1 cm³/mol. The zero-order valence-corrected chi connectivity index (χ0v) is 12.0. The molecule has 1 heterocycles. The van der Waals surface area contributed by atoms with Gasteiger partial charge in [-0.2, -0.15) is 0 Å². The SMILES string of the molecule is CCCC(N)C(=O)Nc1ccc(-n2ccnc2)c(Cl)c1. The van der Waals surface area contributed by atoms with E-state index in [1.165, 1.54) is 0 Å². The number of carbonyl (C=O) groups excluding carboxylic acids is 1. The van der Waals surface area contributed by atoms with Crippen LogP contribution in [0.1, 0.15) is 19.8 Å².